The number of halogens is 3. The Kier molecular flexibility index (Phi) is 4.86. The van der Waals surface area contributed by atoms with Gasteiger partial charge in [0.1, 0.15) is 0 Å². The van der Waals surface area contributed by atoms with Crippen molar-refractivity contribution in [3.8, 4) is 0 Å². The summed E-state index contributed by atoms with van der Waals surface area (Å²) in [5.41, 5.74) is 2.41. The van der Waals surface area contributed by atoms with Gasteiger partial charge < -0.3 is 0 Å². The fraction of sp³-hybridized carbons (Fsp3) is 1.00. The lowest BCUT2D eigenvalue weighted by molar-refractivity contribution is -0.190. The van der Waals surface area contributed by atoms with Crippen molar-refractivity contribution in [3.63, 3.8) is 0 Å². The summed E-state index contributed by atoms with van der Waals surface area (Å²) < 4.78 is 35.2. The van der Waals surface area contributed by atoms with Gasteiger partial charge in [-0.3, -0.25) is 4.84 Å². The fourth-order valence-corrected chi connectivity index (χ4v) is 2.05. The molecule has 0 aromatic rings. The zero-order valence-corrected chi connectivity index (χ0v) is 8.94. The van der Waals surface area contributed by atoms with Crippen molar-refractivity contribution in [1.29, 1.82) is 0 Å². The molecule has 0 amide bonds. The Hall–Kier alpha value is -0.290. The maximum Gasteiger partial charge on any atom is 0.413 e. The summed E-state index contributed by atoms with van der Waals surface area (Å²) in [6.45, 7) is 1.50. The Bertz CT molecular complexity index is 184. The van der Waals surface area contributed by atoms with Crippen LogP contribution in [0.25, 0.3) is 0 Å². The van der Waals surface area contributed by atoms with Crippen LogP contribution in [0.15, 0.2) is 0 Å². The van der Waals surface area contributed by atoms with Gasteiger partial charge in [-0.05, 0) is 24.7 Å². The van der Waals surface area contributed by atoms with Crippen molar-refractivity contribution in [2.45, 2.75) is 38.8 Å². The Morgan fingerprint density at radius 1 is 1.33 bits per heavy atom. The molecule has 1 aliphatic carbocycles. The number of rotatable bonds is 4. The number of hydrogen-bond donors (Lipinski definition) is 1. The zero-order valence-electron chi connectivity index (χ0n) is 8.94. The molecule has 0 aliphatic heterocycles. The highest BCUT2D eigenvalue weighted by atomic mass is 19.4. The molecule has 2 unspecified atom stereocenters. The van der Waals surface area contributed by atoms with E-state index in [2.05, 4.69) is 17.2 Å². The zero-order chi connectivity index (χ0) is 11.3. The summed E-state index contributed by atoms with van der Waals surface area (Å²) in [6, 6.07) is 0. The van der Waals surface area contributed by atoms with Crippen molar-refractivity contribution < 1.29 is 18.0 Å². The molecular formula is C10H18F3NO. The molecule has 0 aromatic heterocycles. The van der Waals surface area contributed by atoms with E-state index in [1.54, 1.807) is 0 Å². The van der Waals surface area contributed by atoms with E-state index in [-0.39, 0.29) is 0 Å². The molecule has 0 bridgehead atoms. The fourth-order valence-electron chi connectivity index (χ4n) is 2.05. The molecule has 1 N–H and O–H groups in total. The maximum atomic E-state index is 11.7. The van der Waals surface area contributed by atoms with Crippen LogP contribution in [0, 0.1) is 11.8 Å². The molecule has 0 heterocycles. The summed E-state index contributed by atoms with van der Waals surface area (Å²) in [6.07, 6.45) is 0.342. The van der Waals surface area contributed by atoms with Crippen molar-refractivity contribution >= 4 is 0 Å². The van der Waals surface area contributed by atoms with Crippen molar-refractivity contribution in [3.05, 3.63) is 0 Å². The highest BCUT2D eigenvalue weighted by Gasteiger charge is 2.28. The molecule has 0 radical (unpaired) electrons. The lowest BCUT2D eigenvalue weighted by Gasteiger charge is -2.26. The van der Waals surface area contributed by atoms with Crippen LogP contribution in [0.5, 0.6) is 0 Å². The van der Waals surface area contributed by atoms with Crippen LogP contribution in [-0.4, -0.2) is 19.3 Å². The number of nitrogens with one attached hydrogen (secondary N) is 1. The van der Waals surface area contributed by atoms with Crippen LogP contribution in [0.2, 0.25) is 0 Å². The molecule has 0 spiro atoms. The molecule has 1 saturated carbocycles. The van der Waals surface area contributed by atoms with Gasteiger partial charge in [0, 0.05) is 6.54 Å². The second-order valence-corrected chi connectivity index (χ2v) is 4.39. The summed E-state index contributed by atoms with van der Waals surface area (Å²) in [5, 5.41) is 0. The van der Waals surface area contributed by atoms with Gasteiger partial charge in [0.05, 0.1) is 0 Å². The smallest absolute Gasteiger partial charge is 0.292 e. The monoisotopic (exact) mass is 225 g/mol. The second kappa shape index (κ2) is 5.70. The Morgan fingerprint density at radius 3 is 2.67 bits per heavy atom. The van der Waals surface area contributed by atoms with E-state index in [0.717, 1.165) is 12.8 Å². The Labute approximate surface area is 88.1 Å². The van der Waals surface area contributed by atoms with E-state index in [0.29, 0.717) is 18.4 Å². The minimum absolute atomic E-state index is 0.460. The quantitative estimate of drug-likeness (QED) is 0.586. The minimum Gasteiger partial charge on any atom is -0.292 e. The number of hydrogen-bond acceptors (Lipinski definition) is 2. The molecular weight excluding hydrogens is 207 g/mol. The van der Waals surface area contributed by atoms with E-state index in [1.807, 2.05) is 0 Å². The average Bonchev–Trinajstić information content (AvgIpc) is 2.11. The molecule has 2 atom stereocenters. The van der Waals surface area contributed by atoms with E-state index in [1.165, 1.54) is 12.8 Å². The summed E-state index contributed by atoms with van der Waals surface area (Å²) in [7, 11) is 0. The molecule has 1 fully saturated rings. The topological polar surface area (TPSA) is 21.3 Å². The normalized spacial score (nSPS) is 28.0. The van der Waals surface area contributed by atoms with Gasteiger partial charge in [0.15, 0.2) is 6.61 Å². The predicted molar refractivity (Wildman–Crippen MR) is 51.1 cm³/mol. The van der Waals surface area contributed by atoms with Gasteiger partial charge in [-0.25, -0.2) is 5.48 Å². The van der Waals surface area contributed by atoms with E-state index >= 15 is 0 Å². The Morgan fingerprint density at radius 2 is 2.07 bits per heavy atom. The summed E-state index contributed by atoms with van der Waals surface area (Å²) in [5.74, 6) is 1.15. The molecule has 2 nitrogen and oxygen atoms in total. The van der Waals surface area contributed by atoms with Gasteiger partial charge in [-0.1, -0.05) is 19.8 Å². The van der Waals surface area contributed by atoms with Crippen LogP contribution in [0.3, 0.4) is 0 Å². The Balaban J connectivity index is 2.04. The van der Waals surface area contributed by atoms with Crippen molar-refractivity contribution in [2.75, 3.05) is 13.2 Å². The van der Waals surface area contributed by atoms with Crippen molar-refractivity contribution in [2.24, 2.45) is 11.8 Å². The van der Waals surface area contributed by atoms with Crippen LogP contribution in [-0.2, 0) is 4.84 Å². The highest BCUT2D eigenvalue weighted by molar-refractivity contribution is 4.70. The van der Waals surface area contributed by atoms with Gasteiger partial charge in [-0.2, -0.15) is 13.2 Å². The largest absolute Gasteiger partial charge is 0.413 e. The standard InChI is InChI=1S/C10H18F3NO/c1-8-3-2-4-9(5-8)6-14-15-7-10(11,12)13/h8-9,14H,2-7H2,1H3. The molecule has 1 aliphatic rings. The highest BCUT2D eigenvalue weighted by Crippen LogP contribution is 2.27. The van der Waals surface area contributed by atoms with Crippen LogP contribution >= 0.6 is 0 Å². The van der Waals surface area contributed by atoms with Crippen molar-refractivity contribution in [1.82, 2.24) is 5.48 Å². The van der Waals surface area contributed by atoms with Gasteiger partial charge in [0.2, 0.25) is 0 Å². The van der Waals surface area contributed by atoms with E-state index in [4.69, 9.17) is 0 Å². The summed E-state index contributed by atoms with van der Waals surface area (Å²) >= 11 is 0. The third kappa shape index (κ3) is 5.99. The third-order valence-corrected chi connectivity index (χ3v) is 2.75. The number of hydroxylamine groups is 1. The first-order chi connectivity index (χ1) is 6.97. The molecule has 15 heavy (non-hydrogen) atoms. The number of alkyl halides is 3. The van der Waals surface area contributed by atoms with Crippen LogP contribution in [0.4, 0.5) is 13.2 Å². The van der Waals surface area contributed by atoms with Gasteiger partial charge in [0.25, 0.3) is 0 Å². The van der Waals surface area contributed by atoms with E-state index in [9.17, 15) is 13.2 Å². The van der Waals surface area contributed by atoms with Crippen LogP contribution < -0.4 is 5.48 Å². The first-order valence-electron chi connectivity index (χ1n) is 5.39. The first-order valence-corrected chi connectivity index (χ1v) is 5.39. The SMILES string of the molecule is CC1CCCC(CNOCC(F)(F)F)C1. The maximum absolute atomic E-state index is 11.7. The minimum atomic E-state index is -4.24. The summed E-state index contributed by atoms with van der Waals surface area (Å²) in [4.78, 5) is 4.36. The molecule has 90 valence electrons. The lowest BCUT2D eigenvalue weighted by Crippen LogP contribution is -2.30. The third-order valence-electron chi connectivity index (χ3n) is 2.75. The molecule has 0 aromatic carbocycles. The first kappa shape index (κ1) is 12.8. The van der Waals surface area contributed by atoms with Gasteiger partial charge >= 0.3 is 6.18 Å². The molecule has 1 rings (SSSR count). The van der Waals surface area contributed by atoms with Crippen LogP contribution in [0.1, 0.15) is 32.6 Å². The second-order valence-electron chi connectivity index (χ2n) is 4.39. The molecule has 5 heteroatoms. The lowest BCUT2D eigenvalue weighted by atomic mass is 9.82. The van der Waals surface area contributed by atoms with E-state index < -0.39 is 12.8 Å². The van der Waals surface area contributed by atoms with Gasteiger partial charge in [-0.15, -0.1) is 0 Å². The molecule has 0 saturated heterocycles. The average molecular weight is 225 g/mol. The predicted octanol–water partition coefficient (Wildman–Crippen LogP) is 2.90.